The average Bonchev–Trinajstić information content (AvgIpc) is 2.67. The lowest BCUT2D eigenvalue weighted by Crippen LogP contribution is -2.26. The summed E-state index contributed by atoms with van der Waals surface area (Å²) in [5.74, 6) is 0.624. The lowest BCUT2D eigenvalue weighted by molar-refractivity contribution is -0.384. The molecule has 1 aromatic heterocycles. The van der Waals surface area contributed by atoms with E-state index in [0.717, 1.165) is 0 Å². The van der Waals surface area contributed by atoms with E-state index in [0.29, 0.717) is 11.6 Å². The van der Waals surface area contributed by atoms with E-state index in [4.69, 9.17) is 5.73 Å². The van der Waals surface area contributed by atoms with Crippen LogP contribution in [-0.4, -0.2) is 25.2 Å². The molecule has 0 bridgehead atoms. The molecule has 2 aromatic rings. The van der Waals surface area contributed by atoms with Crippen LogP contribution in [0.2, 0.25) is 0 Å². The van der Waals surface area contributed by atoms with Gasteiger partial charge in [-0.15, -0.1) is 5.10 Å². The minimum Gasteiger partial charge on any atom is -0.368 e. The third kappa shape index (κ3) is 3.02. The molecule has 106 valence electrons. The summed E-state index contributed by atoms with van der Waals surface area (Å²) in [6, 6.07) is 5.94. The molecule has 8 heteroatoms. The highest BCUT2D eigenvalue weighted by atomic mass is 16.6. The van der Waals surface area contributed by atoms with E-state index in [1.54, 1.807) is 12.1 Å². The molecule has 1 heterocycles. The van der Waals surface area contributed by atoms with Crippen LogP contribution in [0.3, 0.4) is 0 Å². The van der Waals surface area contributed by atoms with E-state index >= 15 is 0 Å². The van der Waals surface area contributed by atoms with E-state index < -0.39 is 4.92 Å². The maximum absolute atomic E-state index is 10.6. The van der Waals surface area contributed by atoms with Crippen LogP contribution >= 0.6 is 0 Å². The highest BCUT2D eigenvalue weighted by Crippen LogP contribution is 2.19. The van der Waals surface area contributed by atoms with Gasteiger partial charge in [-0.25, -0.2) is 0 Å². The third-order valence-corrected chi connectivity index (χ3v) is 2.42. The van der Waals surface area contributed by atoms with Gasteiger partial charge < -0.3 is 11.1 Å². The number of hydrogen-bond acceptors (Lipinski definition) is 6. The van der Waals surface area contributed by atoms with Crippen molar-refractivity contribution in [1.82, 2.24) is 14.8 Å². The molecule has 8 nitrogen and oxygen atoms in total. The molecule has 0 unspecified atom stereocenters. The number of hydrogen-bond donors (Lipinski definition) is 2. The SMILES string of the molecule is CC(C)(C)Nc1nc(N)n(-c2ccc([N+](=O)[O-])cc2)n1. The number of nitro groups is 1. The second-order valence-electron chi connectivity index (χ2n) is 5.35. The quantitative estimate of drug-likeness (QED) is 0.654. The zero-order valence-corrected chi connectivity index (χ0v) is 11.5. The Hall–Kier alpha value is -2.64. The first-order valence-electron chi connectivity index (χ1n) is 6.02. The van der Waals surface area contributed by atoms with Crippen molar-refractivity contribution in [3.63, 3.8) is 0 Å². The Morgan fingerprint density at radius 2 is 1.90 bits per heavy atom. The Labute approximate surface area is 115 Å². The summed E-state index contributed by atoms with van der Waals surface area (Å²) >= 11 is 0. The van der Waals surface area contributed by atoms with E-state index in [1.165, 1.54) is 16.8 Å². The summed E-state index contributed by atoms with van der Waals surface area (Å²) in [7, 11) is 0. The van der Waals surface area contributed by atoms with Gasteiger partial charge in [-0.05, 0) is 32.9 Å². The summed E-state index contributed by atoms with van der Waals surface area (Å²) < 4.78 is 1.43. The van der Waals surface area contributed by atoms with Crippen molar-refractivity contribution in [2.75, 3.05) is 11.1 Å². The highest BCUT2D eigenvalue weighted by Gasteiger charge is 2.15. The fraction of sp³-hybridized carbons (Fsp3) is 0.333. The zero-order valence-electron chi connectivity index (χ0n) is 11.5. The van der Waals surface area contributed by atoms with Gasteiger partial charge in [0.15, 0.2) is 0 Å². The molecule has 0 aliphatic heterocycles. The van der Waals surface area contributed by atoms with Crippen molar-refractivity contribution in [3.8, 4) is 5.69 Å². The molecule has 0 atom stereocenters. The van der Waals surface area contributed by atoms with Crippen molar-refractivity contribution >= 4 is 17.6 Å². The summed E-state index contributed by atoms with van der Waals surface area (Å²) in [5.41, 5.74) is 6.25. The first kappa shape index (κ1) is 13.8. The number of nitrogens with zero attached hydrogens (tertiary/aromatic N) is 4. The molecule has 0 aliphatic rings. The Morgan fingerprint density at radius 3 is 2.40 bits per heavy atom. The molecule has 0 saturated carbocycles. The second-order valence-corrected chi connectivity index (χ2v) is 5.35. The molecule has 3 N–H and O–H groups in total. The van der Waals surface area contributed by atoms with Crippen LogP contribution in [0.1, 0.15) is 20.8 Å². The van der Waals surface area contributed by atoms with Crippen LogP contribution in [0.5, 0.6) is 0 Å². The number of anilines is 2. The standard InChI is InChI=1S/C12H16N6O2/c1-12(2,3)15-11-14-10(13)17(16-11)8-4-6-9(7-5-8)18(19)20/h4-7H,1-3H3,(H3,13,14,15,16). The third-order valence-electron chi connectivity index (χ3n) is 2.42. The molecule has 0 fully saturated rings. The van der Waals surface area contributed by atoms with Crippen LogP contribution < -0.4 is 11.1 Å². The number of rotatable bonds is 3. The van der Waals surface area contributed by atoms with Gasteiger partial charge in [-0.2, -0.15) is 9.67 Å². The van der Waals surface area contributed by atoms with Gasteiger partial charge in [0.1, 0.15) is 0 Å². The molecule has 0 radical (unpaired) electrons. The monoisotopic (exact) mass is 276 g/mol. The molecule has 0 aliphatic carbocycles. The number of nitro benzene ring substituents is 1. The predicted octanol–water partition coefficient (Wildman–Crippen LogP) is 1.97. The number of non-ortho nitro benzene ring substituents is 1. The van der Waals surface area contributed by atoms with Gasteiger partial charge in [0.25, 0.3) is 5.69 Å². The smallest absolute Gasteiger partial charge is 0.269 e. The Bertz CT molecular complexity index is 626. The summed E-state index contributed by atoms with van der Waals surface area (Å²) in [6.45, 7) is 5.95. The maximum Gasteiger partial charge on any atom is 0.269 e. The van der Waals surface area contributed by atoms with Gasteiger partial charge in [-0.3, -0.25) is 10.1 Å². The lowest BCUT2D eigenvalue weighted by atomic mass is 10.1. The first-order chi connectivity index (χ1) is 9.26. The summed E-state index contributed by atoms with van der Waals surface area (Å²) in [5, 5.41) is 18.0. The number of nitrogens with two attached hydrogens (primary N) is 1. The Kier molecular flexibility index (Phi) is 3.31. The minimum atomic E-state index is -0.457. The van der Waals surface area contributed by atoms with Crippen LogP contribution in [0.15, 0.2) is 24.3 Å². The molecular weight excluding hydrogens is 260 g/mol. The van der Waals surface area contributed by atoms with Gasteiger partial charge in [0.05, 0.1) is 10.6 Å². The molecule has 1 aromatic carbocycles. The Balaban J connectivity index is 2.31. The van der Waals surface area contributed by atoms with E-state index in [1.807, 2.05) is 20.8 Å². The topological polar surface area (TPSA) is 112 Å². The van der Waals surface area contributed by atoms with E-state index in [9.17, 15) is 10.1 Å². The van der Waals surface area contributed by atoms with Crippen LogP contribution in [0, 0.1) is 10.1 Å². The molecule has 0 spiro atoms. The minimum absolute atomic E-state index is 0.0143. The molecule has 0 amide bonds. The molecular formula is C12H16N6O2. The molecule has 20 heavy (non-hydrogen) atoms. The highest BCUT2D eigenvalue weighted by molar-refractivity contribution is 5.46. The second kappa shape index (κ2) is 4.80. The first-order valence-corrected chi connectivity index (χ1v) is 6.02. The number of nitrogen functional groups attached to an aromatic ring is 1. The molecule has 2 rings (SSSR count). The molecule has 0 saturated heterocycles. The average molecular weight is 276 g/mol. The van der Waals surface area contributed by atoms with Crippen molar-refractivity contribution in [2.24, 2.45) is 0 Å². The van der Waals surface area contributed by atoms with Gasteiger partial charge in [-0.1, -0.05) is 0 Å². The summed E-state index contributed by atoms with van der Waals surface area (Å²) in [6.07, 6.45) is 0. The number of benzene rings is 1. The van der Waals surface area contributed by atoms with Gasteiger partial charge in [0.2, 0.25) is 11.9 Å². The zero-order chi connectivity index (χ0) is 14.9. The summed E-state index contributed by atoms with van der Waals surface area (Å²) in [4.78, 5) is 14.3. The number of aromatic nitrogens is 3. The predicted molar refractivity (Wildman–Crippen MR) is 75.8 cm³/mol. The van der Waals surface area contributed by atoms with Crippen LogP contribution in [0.25, 0.3) is 5.69 Å². The largest absolute Gasteiger partial charge is 0.368 e. The van der Waals surface area contributed by atoms with E-state index in [2.05, 4.69) is 15.4 Å². The number of nitrogens with one attached hydrogen (secondary N) is 1. The van der Waals surface area contributed by atoms with Crippen LogP contribution in [0.4, 0.5) is 17.6 Å². The van der Waals surface area contributed by atoms with Gasteiger partial charge >= 0.3 is 0 Å². The van der Waals surface area contributed by atoms with Crippen molar-refractivity contribution in [2.45, 2.75) is 26.3 Å². The fourth-order valence-corrected chi connectivity index (χ4v) is 1.62. The van der Waals surface area contributed by atoms with E-state index in [-0.39, 0.29) is 17.2 Å². The Morgan fingerprint density at radius 1 is 1.30 bits per heavy atom. The van der Waals surface area contributed by atoms with Crippen molar-refractivity contribution in [1.29, 1.82) is 0 Å². The van der Waals surface area contributed by atoms with Gasteiger partial charge in [0, 0.05) is 17.7 Å². The lowest BCUT2D eigenvalue weighted by Gasteiger charge is -2.18. The fourth-order valence-electron chi connectivity index (χ4n) is 1.62. The maximum atomic E-state index is 10.6. The normalized spacial score (nSPS) is 11.3. The van der Waals surface area contributed by atoms with Crippen molar-refractivity contribution in [3.05, 3.63) is 34.4 Å². The van der Waals surface area contributed by atoms with Crippen molar-refractivity contribution < 1.29 is 4.92 Å². The van der Waals surface area contributed by atoms with Crippen LogP contribution in [-0.2, 0) is 0 Å².